The highest BCUT2D eigenvalue weighted by Gasteiger charge is 2.20. The molecule has 102 valence electrons. The van der Waals surface area contributed by atoms with Crippen molar-refractivity contribution in [3.05, 3.63) is 50.5 Å². The van der Waals surface area contributed by atoms with Gasteiger partial charge in [-0.3, -0.25) is 10.1 Å². The molecule has 2 aromatic rings. The van der Waals surface area contributed by atoms with Gasteiger partial charge < -0.3 is 9.73 Å². The SMILES string of the molecule is N#Cc1ccnc(NCCc2ccc(Br)o2)c1[N+](=O)[O-]. The van der Waals surface area contributed by atoms with Crippen molar-refractivity contribution in [3.63, 3.8) is 0 Å². The maximum absolute atomic E-state index is 11.0. The molecule has 0 unspecified atom stereocenters. The summed E-state index contributed by atoms with van der Waals surface area (Å²) in [6, 6.07) is 6.67. The fraction of sp³-hybridized carbons (Fsp3) is 0.167. The first-order valence-corrected chi connectivity index (χ1v) is 6.42. The molecule has 7 nitrogen and oxygen atoms in total. The molecule has 1 N–H and O–H groups in total. The van der Waals surface area contributed by atoms with Gasteiger partial charge in [0.2, 0.25) is 5.82 Å². The van der Waals surface area contributed by atoms with E-state index in [9.17, 15) is 10.1 Å². The lowest BCUT2D eigenvalue weighted by molar-refractivity contribution is -0.384. The molecule has 20 heavy (non-hydrogen) atoms. The molecule has 0 bridgehead atoms. The Kier molecular flexibility index (Phi) is 4.32. The third-order valence-electron chi connectivity index (χ3n) is 2.52. The molecule has 0 amide bonds. The molecule has 2 heterocycles. The number of hydrogen-bond donors (Lipinski definition) is 1. The average Bonchev–Trinajstić information content (AvgIpc) is 2.83. The largest absolute Gasteiger partial charge is 0.454 e. The molecule has 0 aliphatic carbocycles. The van der Waals surface area contributed by atoms with Crippen molar-refractivity contribution in [2.45, 2.75) is 6.42 Å². The molecule has 2 aromatic heterocycles. The molecule has 0 spiro atoms. The van der Waals surface area contributed by atoms with Crippen LogP contribution in [0.3, 0.4) is 0 Å². The summed E-state index contributed by atoms with van der Waals surface area (Å²) in [6.45, 7) is 0.405. The van der Waals surface area contributed by atoms with E-state index in [1.807, 2.05) is 0 Å². The molecule has 0 radical (unpaired) electrons. The van der Waals surface area contributed by atoms with Crippen LogP contribution in [-0.4, -0.2) is 16.5 Å². The van der Waals surface area contributed by atoms with Crippen LogP contribution in [0.25, 0.3) is 0 Å². The number of nitriles is 1. The van der Waals surface area contributed by atoms with E-state index in [2.05, 4.69) is 26.2 Å². The fourth-order valence-corrected chi connectivity index (χ4v) is 1.99. The molecule has 0 fully saturated rings. The first kappa shape index (κ1) is 14.0. The summed E-state index contributed by atoms with van der Waals surface area (Å²) in [5, 5.41) is 22.7. The van der Waals surface area contributed by atoms with Gasteiger partial charge in [-0.2, -0.15) is 5.26 Å². The van der Waals surface area contributed by atoms with Crippen molar-refractivity contribution >= 4 is 27.4 Å². The molecule has 0 saturated heterocycles. The van der Waals surface area contributed by atoms with E-state index < -0.39 is 4.92 Å². The Bertz CT molecular complexity index is 678. The maximum Gasteiger partial charge on any atom is 0.328 e. The number of halogens is 1. The minimum absolute atomic E-state index is 0.0201. The monoisotopic (exact) mass is 336 g/mol. The van der Waals surface area contributed by atoms with Crippen LogP contribution in [0.15, 0.2) is 33.5 Å². The summed E-state index contributed by atoms with van der Waals surface area (Å²) in [6.07, 6.45) is 1.90. The van der Waals surface area contributed by atoms with E-state index in [0.29, 0.717) is 17.6 Å². The predicted molar refractivity (Wildman–Crippen MR) is 74.2 cm³/mol. The summed E-state index contributed by atoms with van der Waals surface area (Å²) in [4.78, 5) is 14.3. The van der Waals surface area contributed by atoms with E-state index in [-0.39, 0.29) is 17.1 Å². The Morgan fingerprint density at radius 2 is 2.30 bits per heavy atom. The molecule has 0 saturated carbocycles. The summed E-state index contributed by atoms with van der Waals surface area (Å²) in [5.41, 5.74) is -0.330. The van der Waals surface area contributed by atoms with Crippen LogP contribution in [0.5, 0.6) is 0 Å². The molecule has 0 aliphatic rings. The van der Waals surface area contributed by atoms with E-state index in [0.717, 1.165) is 5.76 Å². The number of hydrogen-bond acceptors (Lipinski definition) is 6. The molecular weight excluding hydrogens is 328 g/mol. The van der Waals surface area contributed by atoms with Gasteiger partial charge in [0.25, 0.3) is 0 Å². The van der Waals surface area contributed by atoms with Gasteiger partial charge in [-0.25, -0.2) is 4.98 Å². The van der Waals surface area contributed by atoms with Crippen molar-refractivity contribution in [1.29, 1.82) is 5.26 Å². The number of rotatable bonds is 5. The highest BCUT2D eigenvalue weighted by atomic mass is 79.9. The molecule has 8 heteroatoms. The highest BCUT2D eigenvalue weighted by Crippen LogP contribution is 2.25. The first-order chi connectivity index (χ1) is 9.61. The van der Waals surface area contributed by atoms with E-state index in [1.165, 1.54) is 12.3 Å². The molecule has 0 aliphatic heterocycles. The van der Waals surface area contributed by atoms with Crippen molar-refractivity contribution in [3.8, 4) is 6.07 Å². The summed E-state index contributed by atoms with van der Waals surface area (Å²) >= 11 is 3.19. The third kappa shape index (κ3) is 3.13. The van der Waals surface area contributed by atoms with Crippen LogP contribution >= 0.6 is 15.9 Å². The minimum Gasteiger partial charge on any atom is -0.454 e. The van der Waals surface area contributed by atoms with Gasteiger partial charge in [-0.15, -0.1) is 0 Å². The van der Waals surface area contributed by atoms with E-state index >= 15 is 0 Å². The summed E-state index contributed by atoms with van der Waals surface area (Å²) in [7, 11) is 0. The summed E-state index contributed by atoms with van der Waals surface area (Å²) in [5.74, 6) is 0.822. The second-order valence-corrected chi connectivity index (χ2v) is 4.59. The molecule has 2 rings (SSSR count). The Balaban J connectivity index is 2.10. The van der Waals surface area contributed by atoms with Crippen LogP contribution in [0.4, 0.5) is 11.5 Å². The van der Waals surface area contributed by atoms with E-state index in [1.54, 1.807) is 18.2 Å². The number of nitrogens with one attached hydrogen (secondary N) is 1. The number of anilines is 1. The Hall–Kier alpha value is -2.40. The van der Waals surface area contributed by atoms with Crippen molar-refractivity contribution in [1.82, 2.24) is 4.98 Å². The predicted octanol–water partition coefficient (Wildman–Crippen LogP) is 2.87. The first-order valence-electron chi connectivity index (χ1n) is 5.63. The van der Waals surface area contributed by atoms with Gasteiger partial charge in [0.1, 0.15) is 17.4 Å². The molecule has 0 aromatic carbocycles. The van der Waals surface area contributed by atoms with Crippen molar-refractivity contribution in [2.75, 3.05) is 11.9 Å². The van der Waals surface area contributed by atoms with Gasteiger partial charge in [0.15, 0.2) is 4.67 Å². The van der Waals surface area contributed by atoms with Gasteiger partial charge in [0.05, 0.1) is 4.92 Å². The lowest BCUT2D eigenvalue weighted by Crippen LogP contribution is -2.09. The third-order valence-corrected chi connectivity index (χ3v) is 2.95. The van der Waals surface area contributed by atoms with E-state index in [4.69, 9.17) is 9.68 Å². The van der Waals surface area contributed by atoms with Gasteiger partial charge in [-0.1, -0.05) is 0 Å². The van der Waals surface area contributed by atoms with Crippen LogP contribution in [0.2, 0.25) is 0 Å². The smallest absolute Gasteiger partial charge is 0.328 e. The zero-order valence-electron chi connectivity index (χ0n) is 10.2. The number of nitrogens with zero attached hydrogens (tertiary/aromatic N) is 3. The Morgan fingerprint density at radius 3 is 2.90 bits per heavy atom. The topological polar surface area (TPSA) is 105 Å². The normalized spacial score (nSPS) is 10.0. The van der Waals surface area contributed by atoms with Gasteiger partial charge >= 0.3 is 5.69 Å². The van der Waals surface area contributed by atoms with Crippen LogP contribution < -0.4 is 5.32 Å². The maximum atomic E-state index is 11.0. The lowest BCUT2D eigenvalue weighted by Gasteiger charge is -2.05. The molecular formula is C12H9BrN4O3. The Labute approximate surface area is 122 Å². The van der Waals surface area contributed by atoms with Gasteiger partial charge in [-0.05, 0) is 34.1 Å². The van der Waals surface area contributed by atoms with Crippen LogP contribution in [0, 0.1) is 21.4 Å². The van der Waals surface area contributed by atoms with Gasteiger partial charge in [0, 0.05) is 19.2 Å². The zero-order valence-corrected chi connectivity index (χ0v) is 11.8. The minimum atomic E-state index is -0.614. The Morgan fingerprint density at radius 1 is 1.50 bits per heavy atom. The average molecular weight is 337 g/mol. The number of pyridine rings is 1. The number of aromatic nitrogens is 1. The summed E-state index contributed by atoms with van der Waals surface area (Å²) < 4.78 is 5.94. The lowest BCUT2D eigenvalue weighted by atomic mass is 10.2. The molecule has 0 atom stereocenters. The van der Waals surface area contributed by atoms with Crippen LogP contribution in [-0.2, 0) is 6.42 Å². The second-order valence-electron chi connectivity index (χ2n) is 3.81. The quantitative estimate of drug-likeness (QED) is 0.664. The fourth-order valence-electron chi connectivity index (χ4n) is 1.65. The second kappa shape index (κ2) is 6.16. The zero-order chi connectivity index (χ0) is 14.5. The van der Waals surface area contributed by atoms with Crippen LogP contribution in [0.1, 0.15) is 11.3 Å². The van der Waals surface area contributed by atoms with Crippen molar-refractivity contribution in [2.24, 2.45) is 0 Å². The number of nitro groups is 1. The van der Waals surface area contributed by atoms with Crippen molar-refractivity contribution < 1.29 is 9.34 Å². The standard InChI is InChI=1S/C12H9BrN4O3/c13-10-2-1-9(20-10)4-6-16-12-11(17(18)19)8(7-14)3-5-15-12/h1-3,5H,4,6H2,(H,15,16). The number of furan rings is 1. The highest BCUT2D eigenvalue weighted by molar-refractivity contribution is 9.10.